The third kappa shape index (κ3) is 4.45. The van der Waals surface area contributed by atoms with Crippen molar-refractivity contribution in [1.29, 1.82) is 0 Å². The van der Waals surface area contributed by atoms with E-state index >= 15 is 0 Å². The van der Waals surface area contributed by atoms with Gasteiger partial charge in [-0.2, -0.15) is 5.10 Å². The Hall–Kier alpha value is -2.80. The molecular weight excluding hydrogens is 382 g/mol. The molecular formula is C22H25N5OS. The summed E-state index contributed by atoms with van der Waals surface area (Å²) in [7, 11) is 1.92. The summed E-state index contributed by atoms with van der Waals surface area (Å²) in [4.78, 5) is 0. The van der Waals surface area contributed by atoms with Crippen LogP contribution >= 0.6 is 11.8 Å². The second-order valence-electron chi connectivity index (χ2n) is 8.11. The lowest BCUT2D eigenvalue weighted by Crippen LogP contribution is -2.10. The van der Waals surface area contributed by atoms with E-state index in [1.807, 2.05) is 36.3 Å². The van der Waals surface area contributed by atoms with Crippen molar-refractivity contribution in [1.82, 2.24) is 24.5 Å². The molecule has 29 heavy (non-hydrogen) atoms. The van der Waals surface area contributed by atoms with Crippen LogP contribution in [-0.2, 0) is 24.8 Å². The van der Waals surface area contributed by atoms with Crippen molar-refractivity contribution in [3.05, 3.63) is 71.9 Å². The number of rotatable bonds is 6. The van der Waals surface area contributed by atoms with E-state index < -0.39 is 0 Å². The molecule has 0 bridgehead atoms. The Bertz CT molecular complexity index is 1070. The van der Waals surface area contributed by atoms with Gasteiger partial charge in [0.2, 0.25) is 0 Å². The molecule has 0 fully saturated rings. The number of hydrogen-bond acceptors (Lipinski definition) is 5. The molecule has 3 aromatic heterocycles. The third-order valence-electron chi connectivity index (χ3n) is 4.75. The molecule has 0 unspecified atom stereocenters. The van der Waals surface area contributed by atoms with Crippen LogP contribution in [0.2, 0.25) is 0 Å². The van der Waals surface area contributed by atoms with Crippen molar-refractivity contribution in [3.63, 3.8) is 0 Å². The maximum absolute atomic E-state index is 5.58. The van der Waals surface area contributed by atoms with Gasteiger partial charge < -0.3 is 4.42 Å². The molecule has 1 aromatic carbocycles. The van der Waals surface area contributed by atoms with Crippen LogP contribution in [0.25, 0.3) is 11.4 Å². The quantitative estimate of drug-likeness (QED) is 0.425. The summed E-state index contributed by atoms with van der Waals surface area (Å²) >= 11 is 1.65. The first kappa shape index (κ1) is 19.5. The minimum atomic E-state index is 0.116. The van der Waals surface area contributed by atoms with Crippen molar-refractivity contribution >= 4 is 11.8 Å². The van der Waals surface area contributed by atoms with Gasteiger partial charge in [-0.05, 0) is 23.1 Å². The van der Waals surface area contributed by atoms with Crippen LogP contribution in [0.3, 0.4) is 0 Å². The van der Waals surface area contributed by atoms with Crippen LogP contribution < -0.4 is 0 Å². The number of hydrogen-bond donors (Lipinski definition) is 0. The lowest BCUT2D eigenvalue weighted by molar-refractivity contribution is 0.485. The number of aromatic nitrogens is 5. The third-order valence-corrected chi connectivity index (χ3v) is 5.78. The molecule has 150 valence electrons. The Morgan fingerprint density at radius 2 is 1.86 bits per heavy atom. The second-order valence-corrected chi connectivity index (χ2v) is 9.05. The standard InChI is InChI=1S/C22H25N5OS/c1-22(2,3)18-9-7-17(8-10-18)20-24-25-21(27(20)14-19-6-5-11-28-19)29-15-16-12-23-26(4)13-16/h5-13H,14-15H2,1-4H3. The van der Waals surface area contributed by atoms with Gasteiger partial charge in [-0.15, -0.1) is 10.2 Å². The van der Waals surface area contributed by atoms with Gasteiger partial charge in [-0.1, -0.05) is 56.8 Å². The molecule has 4 rings (SSSR count). The number of benzene rings is 1. The van der Waals surface area contributed by atoms with Gasteiger partial charge >= 0.3 is 0 Å². The van der Waals surface area contributed by atoms with Gasteiger partial charge in [0.25, 0.3) is 0 Å². The highest BCUT2D eigenvalue weighted by Crippen LogP contribution is 2.29. The van der Waals surface area contributed by atoms with E-state index in [-0.39, 0.29) is 5.41 Å². The minimum Gasteiger partial charge on any atom is -0.467 e. The molecule has 4 aromatic rings. The molecule has 0 aliphatic rings. The first-order valence-electron chi connectivity index (χ1n) is 9.57. The normalized spacial score (nSPS) is 11.9. The van der Waals surface area contributed by atoms with E-state index in [4.69, 9.17) is 4.42 Å². The van der Waals surface area contributed by atoms with Crippen molar-refractivity contribution in [2.75, 3.05) is 0 Å². The van der Waals surface area contributed by atoms with E-state index in [1.54, 1.807) is 18.0 Å². The summed E-state index contributed by atoms with van der Waals surface area (Å²) in [6, 6.07) is 12.5. The average molecular weight is 408 g/mol. The Labute approximate surface area is 175 Å². The van der Waals surface area contributed by atoms with Crippen molar-refractivity contribution in [2.24, 2.45) is 7.05 Å². The second kappa shape index (κ2) is 7.91. The van der Waals surface area contributed by atoms with Gasteiger partial charge in [0.15, 0.2) is 11.0 Å². The summed E-state index contributed by atoms with van der Waals surface area (Å²) in [6.07, 6.45) is 5.60. The van der Waals surface area contributed by atoms with E-state index in [0.717, 1.165) is 33.6 Å². The molecule has 0 aliphatic heterocycles. The predicted octanol–water partition coefficient (Wildman–Crippen LogP) is 4.91. The summed E-state index contributed by atoms with van der Waals surface area (Å²) in [5, 5.41) is 14.1. The number of furan rings is 1. The van der Waals surface area contributed by atoms with Crippen LogP contribution in [0.4, 0.5) is 0 Å². The Morgan fingerprint density at radius 3 is 2.48 bits per heavy atom. The Balaban J connectivity index is 1.64. The van der Waals surface area contributed by atoms with E-state index in [2.05, 4.69) is 64.9 Å². The molecule has 7 heteroatoms. The van der Waals surface area contributed by atoms with Gasteiger partial charge in [-0.25, -0.2) is 0 Å². The number of aryl methyl sites for hydroxylation is 1. The van der Waals surface area contributed by atoms with Crippen LogP contribution in [0, 0.1) is 0 Å². The van der Waals surface area contributed by atoms with Gasteiger partial charge in [0, 0.05) is 30.1 Å². The highest BCUT2D eigenvalue weighted by atomic mass is 32.2. The van der Waals surface area contributed by atoms with Gasteiger partial charge in [-0.3, -0.25) is 9.25 Å². The zero-order valence-corrected chi connectivity index (χ0v) is 18.0. The van der Waals surface area contributed by atoms with E-state index in [1.165, 1.54) is 5.56 Å². The van der Waals surface area contributed by atoms with Crippen molar-refractivity contribution in [2.45, 2.75) is 43.6 Å². The monoisotopic (exact) mass is 407 g/mol. The molecule has 0 saturated carbocycles. The fraction of sp³-hybridized carbons (Fsp3) is 0.318. The maximum Gasteiger partial charge on any atom is 0.192 e. The molecule has 0 atom stereocenters. The SMILES string of the molecule is Cn1cc(CSc2nnc(-c3ccc(C(C)(C)C)cc3)n2Cc2ccco2)cn1. The fourth-order valence-electron chi connectivity index (χ4n) is 3.12. The van der Waals surface area contributed by atoms with E-state index in [9.17, 15) is 0 Å². The topological polar surface area (TPSA) is 61.7 Å². The zero-order valence-electron chi connectivity index (χ0n) is 17.2. The summed E-state index contributed by atoms with van der Waals surface area (Å²) in [6.45, 7) is 7.24. The molecule has 0 amide bonds. The molecule has 3 heterocycles. The van der Waals surface area contributed by atoms with Crippen LogP contribution in [0.5, 0.6) is 0 Å². The lowest BCUT2D eigenvalue weighted by Gasteiger charge is -2.19. The zero-order chi connectivity index (χ0) is 20.4. The molecule has 0 spiro atoms. The molecule has 0 radical (unpaired) electrons. The fourth-order valence-corrected chi connectivity index (χ4v) is 3.97. The molecule has 6 nitrogen and oxygen atoms in total. The first-order chi connectivity index (χ1) is 13.9. The van der Waals surface area contributed by atoms with Gasteiger partial charge in [0.05, 0.1) is 19.0 Å². The average Bonchev–Trinajstić information content (AvgIpc) is 3.42. The molecule has 0 saturated heterocycles. The van der Waals surface area contributed by atoms with Gasteiger partial charge in [0.1, 0.15) is 5.76 Å². The summed E-state index contributed by atoms with van der Waals surface area (Å²) in [5.41, 5.74) is 3.61. The van der Waals surface area contributed by atoms with Crippen molar-refractivity contribution < 1.29 is 4.42 Å². The summed E-state index contributed by atoms with van der Waals surface area (Å²) < 4.78 is 9.51. The highest BCUT2D eigenvalue weighted by molar-refractivity contribution is 7.98. The highest BCUT2D eigenvalue weighted by Gasteiger charge is 2.18. The van der Waals surface area contributed by atoms with Crippen molar-refractivity contribution in [3.8, 4) is 11.4 Å². The minimum absolute atomic E-state index is 0.116. The van der Waals surface area contributed by atoms with Crippen LogP contribution in [0.1, 0.15) is 37.7 Å². The van der Waals surface area contributed by atoms with Crippen LogP contribution in [-0.4, -0.2) is 24.5 Å². The smallest absolute Gasteiger partial charge is 0.192 e. The van der Waals surface area contributed by atoms with Crippen LogP contribution in [0.15, 0.2) is 64.6 Å². The Morgan fingerprint density at radius 1 is 1.07 bits per heavy atom. The lowest BCUT2D eigenvalue weighted by atomic mass is 9.87. The molecule has 0 aliphatic carbocycles. The predicted molar refractivity (Wildman–Crippen MR) is 115 cm³/mol. The summed E-state index contributed by atoms with van der Waals surface area (Å²) in [5.74, 6) is 2.50. The number of thioether (sulfide) groups is 1. The molecule has 0 N–H and O–H groups in total. The maximum atomic E-state index is 5.58. The largest absolute Gasteiger partial charge is 0.467 e. The Kier molecular flexibility index (Phi) is 5.32. The van der Waals surface area contributed by atoms with E-state index in [0.29, 0.717) is 6.54 Å². The number of nitrogens with zero attached hydrogens (tertiary/aromatic N) is 5. The first-order valence-corrected chi connectivity index (χ1v) is 10.6.